The lowest BCUT2D eigenvalue weighted by atomic mass is 9.84. The third-order valence-corrected chi connectivity index (χ3v) is 5.56. The molecular weight excluding hydrogens is 446 g/mol. The second-order valence-electron chi connectivity index (χ2n) is 8.27. The van der Waals surface area contributed by atoms with Crippen LogP contribution in [0.25, 0.3) is 0 Å². The maximum Gasteiger partial charge on any atom is 0.312 e. The molecule has 3 aromatic carbocycles. The van der Waals surface area contributed by atoms with Crippen LogP contribution in [0.2, 0.25) is 5.02 Å². The van der Waals surface area contributed by atoms with Crippen LogP contribution in [0.5, 0.6) is 11.5 Å². The Labute approximate surface area is 206 Å². The van der Waals surface area contributed by atoms with Crippen molar-refractivity contribution in [1.82, 2.24) is 0 Å². The summed E-state index contributed by atoms with van der Waals surface area (Å²) in [6.07, 6.45) is -1.05. The molecule has 0 heterocycles. The molecule has 3 rings (SSSR count). The molecule has 0 aliphatic heterocycles. The van der Waals surface area contributed by atoms with Crippen molar-refractivity contribution in [3.63, 3.8) is 0 Å². The van der Waals surface area contributed by atoms with Gasteiger partial charge < -0.3 is 9.47 Å². The van der Waals surface area contributed by atoms with Gasteiger partial charge in [-0.25, -0.2) is 0 Å². The molecule has 34 heavy (non-hydrogen) atoms. The molecule has 3 atom stereocenters. The fourth-order valence-corrected chi connectivity index (χ4v) is 3.73. The van der Waals surface area contributed by atoms with E-state index in [9.17, 15) is 10.1 Å². The number of carbonyl (C=O) groups excluding carboxylic acids is 1. The Morgan fingerprint density at radius 2 is 1.59 bits per heavy atom. The lowest BCUT2D eigenvalue weighted by Crippen LogP contribution is -2.29. The third kappa shape index (κ3) is 6.88. The second-order valence-corrected chi connectivity index (χ2v) is 8.70. The minimum Gasteiger partial charge on any atom is -0.457 e. The zero-order valence-electron chi connectivity index (χ0n) is 19.4. The lowest BCUT2D eigenvalue weighted by molar-refractivity contribution is -0.154. The van der Waals surface area contributed by atoms with E-state index in [0.717, 1.165) is 5.56 Å². The number of esters is 1. The molecule has 0 spiro atoms. The van der Waals surface area contributed by atoms with Gasteiger partial charge in [0.05, 0.1) is 5.92 Å². The maximum absolute atomic E-state index is 13.1. The van der Waals surface area contributed by atoms with Gasteiger partial charge in [0.25, 0.3) is 0 Å². The number of halogens is 1. The van der Waals surface area contributed by atoms with E-state index in [2.05, 4.69) is 17.9 Å². The highest BCUT2D eigenvalue weighted by Crippen LogP contribution is 2.29. The van der Waals surface area contributed by atoms with Gasteiger partial charge in [0.2, 0.25) is 6.10 Å². The number of carbonyl (C=O) groups is 1. The average molecular weight is 472 g/mol. The summed E-state index contributed by atoms with van der Waals surface area (Å²) in [5, 5.41) is 10.4. The third-order valence-electron chi connectivity index (χ3n) is 5.31. The van der Waals surface area contributed by atoms with E-state index in [1.165, 1.54) is 0 Å². The molecule has 3 aromatic rings. The van der Waals surface area contributed by atoms with Crippen LogP contribution in [0.15, 0.2) is 78.9 Å². The largest absolute Gasteiger partial charge is 0.457 e. The normalized spacial score (nSPS) is 13.1. The van der Waals surface area contributed by atoms with Crippen LogP contribution in [0, 0.1) is 40.9 Å². The molecule has 0 saturated heterocycles. The molecule has 0 aromatic heterocycles. The summed E-state index contributed by atoms with van der Waals surface area (Å²) in [5.41, 5.74) is 1.36. The monoisotopic (exact) mass is 471 g/mol. The van der Waals surface area contributed by atoms with Crippen LogP contribution in [-0.2, 0) is 9.53 Å². The summed E-state index contributed by atoms with van der Waals surface area (Å²) in [7, 11) is 0. The van der Waals surface area contributed by atoms with E-state index < -0.39 is 18.0 Å². The van der Waals surface area contributed by atoms with E-state index >= 15 is 0 Å². The zero-order valence-corrected chi connectivity index (χ0v) is 20.1. The van der Waals surface area contributed by atoms with Crippen LogP contribution in [0.1, 0.15) is 38.0 Å². The summed E-state index contributed by atoms with van der Waals surface area (Å²) in [4.78, 5) is 13.1. The smallest absolute Gasteiger partial charge is 0.312 e. The van der Waals surface area contributed by atoms with Crippen molar-refractivity contribution in [2.45, 2.75) is 26.9 Å². The molecule has 0 saturated carbocycles. The van der Waals surface area contributed by atoms with Gasteiger partial charge >= 0.3 is 5.97 Å². The molecule has 0 aliphatic carbocycles. The van der Waals surface area contributed by atoms with Crippen LogP contribution in [0.4, 0.5) is 0 Å². The van der Waals surface area contributed by atoms with Crippen molar-refractivity contribution in [2.75, 3.05) is 0 Å². The number of benzene rings is 3. The number of nitrogens with zero attached hydrogens (tertiary/aromatic N) is 1. The first kappa shape index (κ1) is 24.9. The van der Waals surface area contributed by atoms with Gasteiger partial charge in [-0.3, -0.25) is 4.79 Å². The first-order valence-corrected chi connectivity index (χ1v) is 11.4. The van der Waals surface area contributed by atoms with Gasteiger partial charge in [-0.05, 0) is 54.4 Å². The molecule has 0 aliphatic rings. The first-order chi connectivity index (χ1) is 16.4. The van der Waals surface area contributed by atoms with Gasteiger partial charge in [0.1, 0.15) is 17.6 Å². The molecular formula is C29H26ClNO3. The van der Waals surface area contributed by atoms with Gasteiger partial charge in [0.15, 0.2) is 0 Å². The quantitative estimate of drug-likeness (QED) is 0.270. The molecule has 172 valence electrons. The molecule has 0 bridgehead atoms. The highest BCUT2D eigenvalue weighted by molar-refractivity contribution is 6.30. The van der Waals surface area contributed by atoms with Crippen LogP contribution in [0.3, 0.4) is 0 Å². The maximum atomic E-state index is 13.1. The molecule has 0 N–H and O–H groups in total. The van der Waals surface area contributed by atoms with E-state index in [1.807, 2.05) is 63.2 Å². The Morgan fingerprint density at radius 1 is 0.912 bits per heavy atom. The first-order valence-electron chi connectivity index (χ1n) is 11.1. The predicted octanol–water partition coefficient (Wildman–Crippen LogP) is 7.20. The Bertz CT molecular complexity index is 1200. The number of rotatable bonds is 7. The van der Waals surface area contributed by atoms with Crippen molar-refractivity contribution in [1.29, 1.82) is 5.26 Å². The summed E-state index contributed by atoms with van der Waals surface area (Å²) >= 11 is 5.93. The average Bonchev–Trinajstić information content (AvgIpc) is 2.83. The van der Waals surface area contributed by atoms with Crippen LogP contribution >= 0.6 is 11.6 Å². The molecule has 4 nitrogen and oxygen atoms in total. The lowest BCUT2D eigenvalue weighted by Gasteiger charge is -2.24. The summed E-state index contributed by atoms with van der Waals surface area (Å²) in [6.45, 7) is 5.79. The van der Waals surface area contributed by atoms with Gasteiger partial charge in [-0.1, -0.05) is 74.5 Å². The highest BCUT2D eigenvalue weighted by atomic mass is 35.5. The van der Waals surface area contributed by atoms with Crippen molar-refractivity contribution < 1.29 is 14.3 Å². The minimum atomic E-state index is -1.05. The number of nitriles is 1. The number of hydrogen-bond donors (Lipinski definition) is 0. The molecule has 3 unspecified atom stereocenters. The Kier molecular flexibility index (Phi) is 8.74. The van der Waals surface area contributed by atoms with E-state index in [1.54, 1.807) is 36.4 Å². The van der Waals surface area contributed by atoms with Gasteiger partial charge in [0, 0.05) is 22.1 Å². The van der Waals surface area contributed by atoms with E-state index in [-0.39, 0.29) is 11.8 Å². The molecule has 0 amide bonds. The fourth-order valence-electron chi connectivity index (χ4n) is 3.60. The topological polar surface area (TPSA) is 59.3 Å². The minimum absolute atomic E-state index is 0.0193. The van der Waals surface area contributed by atoms with Crippen LogP contribution < -0.4 is 4.74 Å². The standard InChI is InChI=1S/C29H26ClNO3/c1-20(2)28(21(3)12-13-22-14-16-24(30)17-15-22)29(32)34-27(19-31)23-8-7-11-26(18-23)33-25-9-5-4-6-10-25/h4-11,14-18,20-21,27-28H,1-3H3. The summed E-state index contributed by atoms with van der Waals surface area (Å²) in [5.74, 6) is 6.26. The number of ether oxygens (including phenoxy) is 2. The van der Waals surface area contributed by atoms with Crippen molar-refractivity contribution in [2.24, 2.45) is 17.8 Å². The highest BCUT2D eigenvalue weighted by Gasteiger charge is 2.31. The number of hydrogen-bond acceptors (Lipinski definition) is 4. The Hall–Kier alpha value is -3.73. The van der Waals surface area contributed by atoms with Crippen LogP contribution in [-0.4, -0.2) is 5.97 Å². The predicted molar refractivity (Wildman–Crippen MR) is 133 cm³/mol. The van der Waals surface area contributed by atoms with Crippen molar-refractivity contribution >= 4 is 17.6 Å². The SMILES string of the molecule is CC(C)C(C(=O)OC(C#N)c1cccc(Oc2ccccc2)c1)C(C)C#Cc1ccc(Cl)cc1. The van der Waals surface area contributed by atoms with E-state index in [4.69, 9.17) is 21.1 Å². The van der Waals surface area contributed by atoms with E-state index in [0.29, 0.717) is 22.1 Å². The van der Waals surface area contributed by atoms with Crippen molar-refractivity contribution in [3.8, 4) is 29.4 Å². The Balaban J connectivity index is 1.74. The fraction of sp³-hybridized carbons (Fsp3) is 0.241. The molecule has 5 heteroatoms. The summed E-state index contributed by atoms with van der Waals surface area (Å²) in [6, 6.07) is 25.7. The molecule has 0 fully saturated rings. The summed E-state index contributed by atoms with van der Waals surface area (Å²) < 4.78 is 11.5. The van der Waals surface area contributed by atoms with Gasteiger partial charge in [-0.15, -0.1) is 0 Å². The van der Waals surface area contributed by atoms with Crippen molar-refractivity contribution in [3.05, 3.63) is 95.0 Å². The number of para-hydroxylation sites is 1. The Morgan fingerprint density at radius 3 is 2.24 bits per heavy atom. The zero-order chi connectivity index (χ0) is 24.5. The van der Waals surface area contributed by atoms with Gasteiger partial charge in [-0.2, -0.15) is 5.26 Å². The second kappa shape index (κ2) is 11.9. The molecule has 0 radical (unpaired) electrons.